The second kappa shape index (κ2) is 6.57. The summed E-state index contributed by atoms with van der Waals surface area (Å²) in [5.74, 6) is 0.875. The van der Waals surface area contributed by atoms with Crippen molar-refractivity contribution in [1.82, 2.24) is 9.78 Å². The fourth-order valence-corrected chi connectivity index (χ4v) is 2.34. The zero-order valence-electron chi connectivity index (χ0n) is 12.5. The molecular weight excluding hydrogens is 250 g/mol. The van der Waals surface area contributed by atoms with Crippen LogP contribution in [0.2, 0.25) is 0 Å². The highest BCUT2D eigenvalue weighted by Gasteiger charge is 2.15. The van der Waals surface area contributed by atoms with Gasteiger partial charge in [-0.2, -0.15) is 5.10 Å². The molecule has 20 heavy (non-hydrogen) atoms. The first-order chi connectivity index (χ1) is 9.65. The maximum absolute atomic E-state index is 6.36. The Kier molecular flexibility index (Phi) is 4.79. The van der Waals surface area contributed by atoms with Gasteiger partial charge in [0, 0.05) is 30.8 Å². The standard InChI is InChI=1S/C16H23N3O/c1-4-12-10-13(19(3)18-12)11-15(17)14-8-6-7-9-16(14)20-5-2/h6-10,15H,4-5,11,17H2,1-3H3. The Bertz CT molecular complexity index is 563. The third-order valence-electron chi connectivity index (χ3n) is 3.44. The lowest BCUT2D eigenvalue weighted by Crippen LogP contribution is -2.16. The van der Waals surface area contributed by atoms with Gasteiger partial charge in [0.05, 0.1) is 12.3 Å². The number of hydrogen-bond acceptors (Lipinski definition) is 3. The Labute approximate surface area is 120 Å². The Morgan fingerprint density at radius 1 is 1.30 bits per heavy atom. The molecule has 0 aliphatic heterocycles. The molecule has 2 N–H and O–H groups in total. The summed E-state index contributed by atoms with van der Waals surface area (Å²) < 4.78 is 7.57. The molecule has 0 aliphatic rings. The van der Waals surface area contributed by atoms with Crippen molar-refractivity contribution in [3.8, 4) is 5.75 Å². The topological polar surface area (TPSA) is 53.1 Å². The summed E-state index contributed by atoms with van der Waals surface area (Å²) in [6, 6.07) is 10.0. The van der Waals surface area contributed by atoms with Gasteiger partial charge in [0.25, 0.3) is 0 Å². The fourth-order valence-electron chi connectivity index (χ4n) is 2.34. The molecule has 4 heteroatoms. The molecule has 0 saturated heterocycles. The van der Waals surface area contributed by atoms with Crippen molar-refractivity contribution in [2.45, 2.75) is 32.7 Å². The van der Waals surface area contributed by atoms with Crippen molar-refractivity contribution in [3.63, 3.8) is 0 Å². The summed E-state index contributed by atoms with van der Waals surface area (Å²) in [6.45, 7) is 4.74. The Balaban J connectivity index is 2.19. The highest BCUT2D eigenvalue weighted by Crippen LogP contribution is 2.26. The van der Waals surface area contributed by atoms with Gasteiger partial charge in [-0.1, -0.05) is 25.1 Å². The van der Waals surface area contributed by atoms with E-state index in [1.54, 1.807) is 0 Å². The molecule has 0 aliphatic carbocycles. The third kappa shape index (κ3) is 3.20. The van der Waals surface area contributed by atoms with Gasteiger partial charge in [0.1, 0.15) is 5.75 Å². The maximum Gasteiger partial charge on any atom is 0.124 e. The number of para-hydroxylation sites is 1. The highest BCUT2D eigenvalue weighted by atomic mass is 16.5. The SMILES string of the molecule is CCOc1ccccc1C(N)Cc1cc(CC)nn1C. The maximum atomic E-state index is 6.36. The summed E-state index contributed by atoms with van der Waals surface area (Å²) in [4.78, 5) is 0. The molecule has 1 aromatic carbocycles. The predicted molar refractivity (Wildman–Crippen MR) is 80.8 cm³/mol. The van der Waals surface area contributed by atoms with Crippen LogP contribution in [-0.4, -0.2) is 16.4 Å². The van der Waals surface area contributed by atoms with Gasteiger partial charge in [-0.25, -0.2) is 0 Å². The van der Waals surface area contributed by atoms with Crippen LogP contribution < -0.4 is 10.5 Å². The van der Waals surface area contributed by atoms with E-state index in [0.29, 0.717) is 6.61 Å². The molecule has 0 radical (unpaired) electrons. The Hall–Kier alpha value is -1.81. The largest absolute Gasteiger partial charge is 0.494 e. The second-order valence-corrected chi connectivity index (χ2v) is 4.89. The molecule has 4 nitrogen and oxygen atoms in total. The van der Waals surface area contributed by atoms with E-state index in [1.165, 1.54) is 0 Å². The number of nitrogens with zero attached hydrogens (tertiary/aromatic N) is 2. The molecule has 1 aromatic heterocycles. The van der Waals surface area contributed by atoms with Crippen LogP contribution in [0.1, 0.15) is 36.8 Å². The quantitative estimate of drug-likeness (QED) is 0.880. The lowest BCUT2D eigenvalue weighted by Gasteiger charge is -2.16. The van der Waals surface area contributed by atoms with Gasteiger partial charge >= 0.3 is 0 Å². The van der Waals surface area contributed by atoms with Gasteiger partial charge in [0.2, 0.25) is 0 Å². The fraction of sp³-hybridized carbons (Fsp3) is 0.438. The van der Waals surface area contributed by atoms with Crippen LogP contribution in [0, 0.1) is 0 Å². The molecule has 0 saturated carbocycles. The molecule has 1 unspecified atom stereocenters. The molecule has 2 aromatic rings. The van der Waals surface area contributed by atoms with Crippen molar-refractivity contribution >= 4 is 0 Å². The van der Waals surface area contributed by atoms with Crippen LogP contribution >= 0.6 is 0 Å². The van der Waals surface area contributed by atoms with E-state index in [1.807, 2.05) is 42.9 Å². The third-order valence-corrected chi connectivity index (χ3v) is 3.44. The molecule has 0 fully saturated rings. The first kappa shape index (κ1) is 14.6. The van der Waals surface area contributed by atoms with Crippen LogP contribution in [0.4, 0.5) is 0 Å². The van der Waals surface area contributed by atoms with Crippen LogP contribution in [0.3, 0.4) is 0 Å². The van der Waals surface area contributed by atoms with E-state index in [2.05, 4.69) is 18.1 Å². The Morgan fingerprint density at radius 3 is 2.70 bits per heavy atom. The van der Waals surface area contributed by atoms with Crippen LogP contribution in [0.15, 0.2) is 30.3 Å². The monoisotopic (exact) mass is 273 g/mol. The predicted octanol–water partition coefficient (Wildman–Crippen LogP) is 2.62. The van der Waals surface area contributed by atoms with E-state index in [0.717, 1.165) is 35.5 Å². The van der Waals surface area contributed by atoms with Crippen molar-refractivity contribution in [1.29, 1.82) is 0 Å². The van der Waals surface area contributed by atoms with Gasteiger partial charge in [0.15, 0.2) is 0 Å². The molecular formula is C16H23N3O. The van der Waals surface area contributed by atoms with Crippen molar-refractivity contribution in [3.05, 3.63) is 47.3 Å². The minimum Gasteiger partial charge on any atom is -0.494 e. The molecule has 0 spiro atoms. The van der Waals surface area contributed by atoms with Gasteiger partial charge in [-0.3, -0.25) is 4.68 Å². The van der Waals surface area contributed by atoms with Crippen molar-refractivity contribution in [2.24, 2.45) is 12.8 Å². The second-order valence-electron chi connectivity index (χ2n) is 4.89. The number of rotatable bonds is 6. The number of ether oxygens (including phenoxy) is 1. The lowest BCUT2D eigenvalue weighted by molar-refractivity contribution is 0.334. The van der Waals surface area contributed by atoms with Crippen LogP contribution in [0.5, 0.6) is 5.75 Å². The van der Waals surface area contributed by atoms with E-state index < -0.39 is 0 Å². The summed E-state index contributed by atoms with van der Waals surface area (Å²) >= 11 is 0. The molecule has 2 rings (SSSR count). The van der Waals surface area contributed by atoms with E-state index in [9.17, 15) is 0 Å². The summed E-state index contributed by atoms with van der Waals surface area (Å²) in [5.41, 5.74) is 9.66. The van der Waals surface area contributed by atoms with E-state index in [-0.39, 0.29) is 6.04 Å². The number of nitrogens with two attached hydrogens (primary N) is 1. The molecule has 108 valence electrons. The summed E-state index contributed by atoms with van der Waals surface area (Å²) in [5, 5.41) is 4.46. The Morgan fingerprint density at radius 2 is 2.05 bits per heavy atom. The number of aromatic nitrogens is 2. The molecule has 0 bridgehead atoms. The average Bonchev–Trinajstić information content (AvgIpc) is 2.80. The lowest BCUT2D eigenvalue weighted by atomic mass is 10.0. The zero-order valence-corrected chi connectivity index (χ0v) is 12.5. The highest BCUT2D eigenvalue weighted by molar-refractivity contribution is 5.36. The van der Waals surface area contributed by atoms with Gasteiger partial charge in [-0.15, -0.1) is 0 Å². The molecule has 1 atom stereocenters. The summed E-state index contributed by atoms with van der Waals surface area (Å²) in [7, 11) is 1.97. The van der Waals surface area contributed by atoms with Gasteiger partial charge < -0.3 is 10.5 Å². The van der Waals surface area contributed by atoms with Crippen LogP contribution in [0.25, 0.3) is 0 Å². The number of benzene rings is 1. The normalized spacial score (nSPS) is 12.4. The minimum atomic E-state index is -0.0853. The van der Waals surface area contributed by atoms with Crippen LogP contribution in [-0.2, 0) is 19.9 Å². The van der Waals surface area contributed by atoms with E-state index in [4.69, 9.17) is 10.5 Å². The first-order valence-electron chi connectivity index (χ1n) is 7.14. The molecule has 0 amide bonds. The van der Waals surface area contributed by atoms with Gasteiger partial charge in [-0.05, 0) is 25.5 Å². The zero-order chi connectivity index (χ0) is 14.5. The number of aryl methyl sites for hydroxylation is 2. The smallest absolute Gasteiger partial charge is 0.124 e. The average molecular weight is 273 g/mol. The van der Waals surface area contributed by atoms with E-state index >= 15 is 0 Å². The molecule has 1 heterocycles. The first-order valence-corrected chi connectivity index (χ1v) is 7.14. The number of hydrogen-bond donors (Lipinski definition) is 1. The van der Waals surface area contributed by atoms with Crippen molar-refractivity contribution < 1.29 is 4.74 Å². The summed E-state index contributed by atoms with van der Waals surface area (Å²) in [6.07, 6.45) is 1.70. The van der Waals surface area contributed by atoms with Crippen molar-refractivity contribution in [2.75, 3.05) is 6.61 Å². The minimum absolute atomic E-state index is 0.0853.